The molecular weight excluding hydrogens is 253 g/mol. The quantitative estimate of drug-likeness (QED) is 0.622. The van der Waals surface area contributed by atoms with Crippen molar-refractivity contribution in [2.75, 3.05) is 0 Å². The Bertz CT molecular complexity index is 760. The summed E-state index contributed by atoms with van der Waals surface area (Å²) in [6.07, 6.45) is 0.862. The molecule has 19 heavy (non-hydrogen) atoms. The third kappa shape index (κ3) is 1.53. The standard InChI is InChI=1S/C13H6FNO4/c1-5(16)9-3-8-11(17)10-7(2-6(14)4-15-10)12(18)13(8)19-9/h2-4H,1H3. The van der Waals surface area contributed by atoms with Gasteiger partial charge in [0.2, 0.25) is 11.6 Å². The molecule has 0 aliphatic heterocycles. The highest BCUT2D eigenvalue weighted by Crippen LogP contribution is 2.29. The number of nitrogens with zero attached hydrogens (tertiary/aromatic N) is 1. The van der Waals surface area contributed by atoms with Crippen molar-refractivity contribution in [2.24, 2.45) is 0 Å². The third-order valence-electron chi connectivity index (χ3n) is 2.84. The van der Waals surface area contributed by atoms with Crippen LogP contribution < -0.4 is 0 Å². The number of carbonyl (C=O) groups is 3. The molecule has 0 fully saturated rings. The van der Waals surface area contributed by atoms with Gasteiger partial charge in [-0.2, -0.15) is 0 Å². The zero-order chi connectivity index (χ0) is 13.7. The molecular formula is C13H6FNO4. The smallest absolute Gasteiger partial charge is 0.231 e. The van der Waals surface area contributed by atoms with E-state index in [9.17, 15) is 18.8 Å². The number of hydrogen-bond donors (Lipinski definition) is 0. The molecule has 94 valence electrons. The number of halogens is 1. The van der Waals surface area contributed by atoms with Crippen molar-refractivity contribution in [2.45, 2.75) is 6.92 Å². The van der Waals surface area contributed by atoms with Gasteiger partial charge in [0.1, 0.15) is 11.5 Å². The van der Waals surface area contributed by atoms with E-state index < -0.39 is 23.2 Å². The molecule has 2 heterocycles. The van der Waals surface area contributed by atoms with Gasteiger partial charge in [0.05, 0.1) is 17.3 Å². The maximum absolute atomic E-state index is 13.1. The minimum atomic E-state index is -0.721. The largest absolute Gasteiger partial charge is 0.449 e. The molecule has 1 aliphatic carbocycles. The highest BCUT2D eigenvalue weighted by atomic mass is 19.1. The van der Waals surface area contributed by atoms with Crippen molar-refractivity contribution in [3.8, 4) is 0 Å². The van der Waals surface area contributed by atoms with Crippen LogP contribution in [-0.2, 0) is 0 Å². The topological polar surface area (TPSA) is 77.2 Å². The van der Waals surface area contributed by atoms with Gasteiger partial charge >= 0.3 is 0 Å². The highest BCUT2D eigenvalue weighted by Gasteiger charge is 2.35. The number of furan rings is 1. The summed E-state index contributed by atoms with van der Waals surface area (Å²) in [6.45, 7) is 1.25. The van der Waals surface area contributed by atoms with Crippen LogP contribution >= 0.6 is 0 Å². The van der Waals surface area contributed by atoms with Gasteiger partial charge in [-0.15, -0.1) is 0 Å². The molecule has 1 aliphatic rings. The number of aromatic nitrogens is 1. The van der Waals surface area contributed by atoms with E-state index in [4.69, 9.17) is 4.42 Å². The van der Waals surface area contributed by atoms with Gasteiger partial charge in [0.25, 0.3) is 0 Å². The van der Waals surface area contributed by atoms with Gasteiger partial charge < -0.3 is 4.42 Å². The van der Waals surface area contributed by atoms with Crippen LogP contribution in [0.5, 0.6) is 0 Å². The summed E-state index contributed by atoms with van der Waals surface area (Å²) in [7, 11) is 0. The van der Waals surface area contributed by atoms with E-state index in [1.807, 2.05) is 0 Å². The molecule has 0 saturated heterocycles. The van der Waals surface area contributed by atoms with Gasteiger partial charge in [-0.05, 0) is 12.1 Å². The average molecular weight is 259 g/mol. The number of pyridine rings is 1. The molecule has 6 heteroatoms. The Morgan fingerprint density at radius 1 is 1.21 bits per heavy atom. The van der Waals surface area contributed by atoms with Gasteiger partial charge in [-0.1, -0.05) is 0 Å². The Balaban J connectivity index is 2.26. The van der Waals surface area contributed by atoms with Crippen LogP contribution in [0.1, 0.15) is 49.6 Å². The summed E-state index contributed by atoms with van der Waals surface area (Å²) in [5.41, 5.74) is -0.293. The molecule has 5 nitrogen and oxygen atoms in total. The van der Waals surface area contributed by atoms with E-state index in [-0.39, 0.29) is 28.3 Å². The number of carbonyl (C=O) groups excluding carboxylic acids is 3. The zero-order valence-corrected chi connectivity index (χ0v) is 9.69. The normalized spacial score (nSPS) is 13.2. The third-order valence-corrected chi connectivity index (χ3v) is 2.84. The first-order chi connectivity index (χ1) is 8.99. The second kappa shape index (κ2) is 3.68. The van der Waals surface area contributed by atoms with Crippen molar-refractivity contribution in [3.05, 3.63) is 52.5 Å². The lowest BCUT2D eigenvalue weighted by Gasteiger charge is -2.11. The van der Waals surface area contributed by atoms with Crippen LogP contribution in [0.3, 0.4) is 0 Å². The van der Waals surface area contributed by atoms with Gasteiger partial charge in [0, 0.05) is 6.92 Å². The van der Waals surface area contributed by atoms with Gasteiger partial charge in [-0.3, -0.25) is 14.4 Å². The summed E-state index contributed by atoms with van der Waals surface area (Å²) in [4.78, 5) is 39.0. The maximum atomic E-state index is 13.1. The Morgan fingerprint density at radius 2 is 1.95 bits per heavy atom. The molecule has 0 radical (unpaired) electrons. The summed E-state index contributed by atoms with van der Waals surface area (Å²) in [5.74, 6) is -2.65. The van der Waals surface area contributed by atoms with Crippen LogP contribution in [0.4, 0.5) is 4.39 Å². The first kappa shape index (κ1) is 11.5. The lowest BCUT2D eigenvalue weighted by Crippen LogP contribution is -2.20. The molecule has 0 amide bonds. The molecule has 0 unspecified atom stereocenters. The monoisotopic (exact) mass is 259 g/mol. The fourth-order valence-electron chi connectivity index (χ4n) is 1.95. The van der Waals surface area contributed by atoms with Crippen LogP contribution in [0.15, 0.2) is 22.7 Å². The molecule has 3 rings (SSSR count). The number of hydrogen-bond acceptors (Lipinski definition) is 5. The van der Waals surface area contributed by atoms with Crippen molar-refractivity contribution >= 4 is 17.3 Å². The Kier molecular flexibility index (Phi) is 2.22. The number of rotatable bonds is 1. The number of ketones is 3. The van der Waals surface area contributed by atoms with E-state index in [0.29, 0.717) is 0 Å². The lowest BCUT2D eigenvalue weighted by molar-refractivity contribution is 0.0944. The molecule has 0 N–H and O–H groups in total. The lowest BCUT2D eigenvalue weighted by atomic mass is 9.92. The maximum Gasteiger partial charge on any atom is 0.231 e. The summed E-state index contributed by atoms with van der Waals surface area (Å²) < 4.78 is 18.2. The molecule has 0 bridgehead atoms. The number of Topliss-reactive ketones (excluding diaryl/α,β-unsaturated/α-hetero) is 1. The van der Waals surface area contributed by atoms with E-state index in [2.05, 4.69) is 4.98 Å². The predicted molar refractivity (Wildman–Crippen MR) is 59.8 cm³/mol. The van der Waals surface area contributed by atoms with Crippen LogP contribution in [-0.4, -0.2) is 22.3 Å². The van der Waals surface area contributed by atoms with Crippen LogP contribution in [0.2, 0.25) is 0 Å². The molecule has 0 spiro atoms. The van der Waals surface area contributed by atoms with E-state index in [0.717, 1.165) is 12.3 Å². The summed E-state index contributed by atoms with van der Waals surface area (Å²) in [5, 5.41) is 0. The number of fused-ring (bicyclic) bond motifs is 2. The summed E-state index contributed by atoms with van der Waals surface area (Å²) >= 11 is 0. The van der Waals surface area contributed by atoms with Crippen LogP contribution in [0, 0.1) is 5.82 Å². The Hall–Kier alpha value is -2.63. The van der Waals surface area contributed by atoms with Crippen molar-refractivity contribution in [3.63, 3.8) is 0 Å². The van der Waals surface area contributed by atoms with Crippen molar-refractivity contribution in [1.82, 2.24) is 4.98 Å². The van der Waals surface area contributed by atoms with Crippen molar-refractivity contribution in [1.29, 1.82) is 0 Å². The molecule has 2 aromatic heterocycles. The van der Waals surface area contributed by atoms with E-state index >= 15 is 0 Å². The van der Waals surface area contributed by atoms with Crippen LogP contribution in [0.25, 0.3) is 0 Å². The predicted octanol–water partition coefficient (Wildman–Crippen LogP) is 1.79. The minimum Gasteiger partial charge on any atom is -0.449 e. The second-order valence-electron chi connectivity index (χ2n) is 4.12. The molecule has 2 aromatic rings. The minimum absolute atomic E-state index is 0.0122. The first-order valence-electron chi connectivity index (χ1n) is 5.38. The zero-order valence-electron chi connectivity index (χ0n) is 9.69. The van der Waals surface area contributed by atoms with Gasteiger partial charge in [0.15, 0.2) is 17.3 Å². The fourth-order valence-corrected chi connectivity index (χ4v) is 1.95. The fraction of sp³-hybridized carbons (Fsp3) is 0.0769. The SMILES string of the molecule is CC(=O)c1cc2c(o1)C(=O)c1cc(F)cnc1C2=O. The van der Waals surface area contributed by atoms with Crippen molar-refractivity contribution < 1.29 is 23.2 Å². The van der Waals surface area contributed by atoms with E-state index in [1.54, 1.807) is 0 Å². The highest BCUT2D eigenvalue weighted by molar-refractivity contribution is 6.27. The molecule has 0 saturated carbocycles. The Labute approximate surface area is 106 Å². The second-order valence-corrected chi connectivity index (χ2v) is 4.12. The summed E-state index contributed by atoms with van der Waals surface area (Å²) in [6, 6.07) is 2.15. The molecule has 0 atom stereocenters. The van der Waals surface area contributed by atoms with Gasteiger partial charge in [-0.25, -0.2) is 9.37 Å². The first-order valence-corrected chi connectivity index (χ1v) is 5.38. The average Bonchev–Trinajstić information content (AvgIpc) is 2.81. The Morgan fingerprint density at radius 3 is 2.63 bits per heavy atom. The molecule has 0 aromatic carbocycles. The van der Waals surface area contributed by atoms with E-state index in [1.165, 1.54) is 13.0 Å².